The Bertz CT molecular complexity index is 342. The number of hydrogen-bond acceptors (Lipinski definition) is 4. The van der Waals surface area contributed by atoms with Gasteiger partial charge in [-0.3, -0.25) is 4.79 Å². The molecule has 15 heavy (non-hydrogen) atoms. The third-order valence-corrected chi connectivity index (χ3v) is 3.41. The zero-order chi connectivity index (χ0) is 11.4. The zero-order valence-electron chi connectivity index (χ0n) is 9.76. The summed E-state index contributed by atoms with van der Waals surface area (Å²) < 4.78 is 4.22. The Kier molecular flexibility index (Phi) is 4.27. The number of nitrogens with zero attached hydrogens (tertiary/aromatic N) is 1. The van der Waals surface area contributed by atoms with E-state index in [9.17, 15) is 4.79 Å². The van der Waals surface area contributed by atoms with E-state index in [0.717, 1.165) is 29.1 Å². The van der Waals surface area contributed by atoms with E-state index in [-0.39, 0.29) is 5.78 Å². The van der Waals surface area contributed by atoms with Crippen LogP contribution in [0.4, 0.5) is 5.00 Å². The lowest BCUT2D eigenvalue weighted by molar-refractivity contribution is 0.101. The van der Waals surface area contributed by atoms with Crippen LogP contribution in [0.5, 0.6) is 0 Å². The van der Waals surface area contributed by atoms with Gasteiger partial charge in [-0.2, -0.15) is 4.37 Å². The van der Waals surface area contributed by atoms with Gasteiger partial charge in [0.25, 0.3) is 0 Å². The Morgan fingerprint density at radius 2 is 2.07 bits per heavy atom. The third-order valence-electron chi connectivity index (χ3n) is 2.54. The van der Waals surface area contributed by atoms with E-state index in [1.54, 1.807) is 6.92 Å². The van der Waals surface area contributed by atoms with E-state index in [1.165, 1.54) is 11.5 Å². The number of rotatable bonds is 5. The Balaban J connectivity index is 2.89. The van der Waals surface area contributed by atoms with E-state index in [4.69, 9.17) is 0 Å². The number of aryl methyl sites for hydroxylation is 1. The molecule has 1 aromatic rings. The van der Waals surface area contributed by atoms with Gasteiger partial charge in [0.2, 0.25) is 0 Å². The molecule has 0 amide bonds. The summed E-state index contributed by atoms with van der Waals surface area (Å²) in [6, 6.07) is 0.433. The smallest absolute Gasteiger partial charge is 0.164 e. The van der Waals surface area contributed by atoms with Crippen LogP contribution < -0.4 is 5.32 Å². The van der Waals surface area contributed by atoms with Gasteiger partial charge in [-0.25, -0.2) is 0 Å². The van der Waals surface area contributed by atoms with Crippen molar-refractivity contribution >= 4 is 22.3 Å². The van der Waals surface area contributed by atoms with Crippen molar-refractivity contribution < 1.29 is 4.79 Å². The van der Waals surface area contributed by atoms with E-state index >= 15 is 0 Å². The van der Waals surface area contributed by atoms with Crippen LogP contribution in [0.1, 0.15) is 49.7 Å². The fourth-order valence-corrected chi connectivity index (χ4v) is 2.48. The summed E-state index contributed by atoms with van der Waals surface area (Å²) in [5, 5.41) is 4.31. The molecule has 0 saturated heterocycles. The highest BCUT2D eigenvalue weighted by atomic mass is 32.1. The standard InChI is InChI=1S/C11H18N2OS/c1-5-9(6-2)12-11-10(8(4)14)7(3)13-15-11/h9,12H,5-6H2,1-4H3. The second kappa shape index (κ2) is 5.26. The SMILES string of the molecule is CCC(CC)Nc1snc(C)c1C(C)=O. The van der Waals surface area contributed by atoms with Crippen molar-refractivity contribution in [1.82, 2.24) is 4.37 Å². The van der Waals surface area contributed by atoms with E-state index in [1.807, 2.05) is 6.92 Å². The highest BCUT2D eigenvalue weighted by Gasteiger charge is 2.16. The van der Waals surface area contributed by atoms with Gasteiger partial charge < -0.3 is 5.32 Å². The van der Waals surface area contributed by atoms with Gasteiger partial charge >= 0.3 is 0 Å². The average molecular weight is 226 g/mol. The molecule has 0 aromatic carbocycles. The molecule has 0 bridgehead atoms. The molecule has 1 heterocycles. The third kappa shape index (κ3) is 2.78. The minimum absolute atomic E-state index is 0.0923. The van der Waals surface area contributed by atoms with Gasteiger partial charge in [0.15, 0.2) is 5.78 Å². The van der Waals surface area contributed by atoms with Crippen molar-refractivity contribution in [2.45, 2.75) is 46.6 Å². The lowest BCUT2D eigenvalue weighted by Gasteiger charge is -2.14. The molecular formula is C11H18N2OS. The van der Waals surface area contributed by atoms with E-state index in [2.05, 4.69) is 23.5 Å². The number of ketones is 1. The van der Waals surface area contributed by atoms with Crippen molar-refractivity contribution in [1.29, 1.82) is 0 Å². The van der Waals surface area contributed by atoms with Gasteiger partial charge in [0.05, 0.1) is 11.3 Å². The lowest BCUT2D eigenvalue weighted by Crippen LogP contribution is -2.17. The maximum absolute atomic E-state index is 11.4. The predicted octanol–water partition coefficient (Wildman–Crippen LogP) is 3.25. The number of anilines is 1. The summed E-state index contributed by atoms with van der Waals surface area (Å²) in [6.07, 6.45) is 2.12. The van der Waals surface area contributed by atoms with Gasteiger partial charge in [0, 0.05) is 6.04 Å². The second-order valence-electron chi connectivity index (χ2n) is 3.69. The minimum atomic E-state index is 0.0923. The number of carbonyl (C=O) groups excluding carboxylic acids is 1. The maximum Gasteiger partial charge on any atom is 0.164 e. The fraction of sp³-hybridized carbons (Fsp3) is 0.636. The Morgan fingerprint density at radius 3 is 2.53 bits per heavy atom. The molecule has 0 radical (unpaired) electrons. The van der Waals surface area contributed by atoms with Gasteiger partial charge in [-0.1, -0.05) is 13.8 Å². The monoisotopic (exact) mass is 226 g/mol. The first-order chi connectivity index (χ1) is 7.10. The molecular weight excluding hydrogens is 208 g/mol. The lowest BCUT2D eigenvalue weighted by atomic mass is 10.1. The maximum atomic E-state index is 11.4. The fourth-order valence-electron chi connectivity index (χ4n) is 1.56. The largest absolute Gasteiger partial charge is 0.372 e. The summed E-state index contributed by atoms with van der Waals surface area (Å²) in [6.45, 7) is 7.76. The van der Waals surface area contributed by atoms with Crippen molar-refractivity contribution in [3.63, 3.8) is 0 Å². The summed E-state index contributed by atoms with van der Waals surface area (Å²) in [5.74, 6) is 0.0923. The van der Waals surface area contributed by atoms with E-state index < -0.39 is 0 Å². The zero-order valence-corrected chi connectivity index (χ0v) is 10.6. The molecule has 1 aromatic heterocycles. The van der Waals surface area contributed by atoms with Crippen LogP contribution in [0.2, 0.25) is 0 Å². The summed E-state index contributed by atoms with van der Waals surface area (Å²) in [5.41, 5.74) is 1.59. The molecule has 0 saturated carbocycles. The summed E-state index contributed by atoms with van der Waals surface area (Å²) in [4.78, 5) is 11.4. The summed E-state index contributed by atoms with van der Waals surface area (Å²) >= 11 is 1.38. The molecule has 84 valence electrons. The van der Waals surface area contributed by atoms with Crippen molar-refractivity contribution in [3.05, 3.63) is 11.3 Å². The number of carbonyl (C=O) groups is 1. The van der Waals surface area contributed by atoms with Gasteiger partial charge in [-0.15, -0.1) is 0 Å². The number of nitrogens with one attached hydrogen (secondary N) is 1. The molecule has 1 rings (SSSR count). The Labute approximate surface area is 95.1 Å². The van der Waals surface area contributed by atoms with Crippen molar-refractivity contribution in [2.24, 2.45) is 0 Å². The second-order valence-corrected chi connectivity index (χ2v) is 4.46. The molecule has 4 heteroatoms. The van der Waals surface area contributed by atoms with Gasteiger partial charge in [0.1, 0.15) is 5.00 Å². The first-order valence-electron chi connectivity index (χ1n) is 5.33. The molecule has 3 nitrogen and oxygen atoms in total. The number of Topliss-reactive ketones (excluding diaryl/α,β-unsaturated/α-hetero) is 1. The van der Waals surface area contributed by atoms with Crippen LogP contribution in [-0.2, 0) is 0 Å². The topological polar surface area (TPSA) is 42.0 Å². The quantitative estimate of drug-likeness (QED) is 0.784. The van der Waals surface area contributed by atoms with Crippen LogP contribution in [-0.4, -0.2) is 16.2 Å². The van der Waals surface area contributed by atoms with Crippen molar-refractivity contribution in [3.8, 4) is 0 Å². The van der Waals surface area contributed by atoms with Crippen LogP contribution in [0.3, 0.4) is 0 Å². The Hall–Kier alpha value is -0.900. The number of aromatic nitrogens is 1. The van der Waals surface area contributed by atoms with E-state index in [0.29, 0.717) is 6.04 Å². The molecule has 0 aliphatic rings. The molecule has 0 aliphatic carbocycles. The number of hydrogen-bond donors (Lipinski definition) is 1. The average Bonchev–Trinajstić information content (AvgIpc) is 2.56. The minimum Gasteiger partial charge on any atom is -0.372 e. The van der Waals surface area contributed by atoms with Crippen molar-refractivity contribution in [2.75, 3.05) is 5.32 Å². The van der Waals surface area contributed by atoms with Crippen LogP contribution in [0, 0.1) is 6.92 Å². The first kappa shape index (κ1) is 12.2. The Morgan fingerprint density at radius 1 is 1.47 bits per heavy atom. The summed E-state index contributed by atoms with van der Waals surface area (Å²) in [7, 11) is 0. The first-order valence-corrected chi connectivity index (χ1v) is 6.11. The highest BCUT2D eigenvalue weighted by Crippen LogP contribution is 2.26. The van der Waals surface area contributed by atoms with Crippen LogP contribution in [0.15, 0.2) is 0 Å². The van der Waals surface area contributed by atoms with Crippen LogP contribution >= 0.6 is 11.5 Å². The molecule has 0 atom stereocenters. The molecule has 0 unspecified atom stereocenters. The molecule has 0 aliphatic heterocycles. The van der Waals surface area contributed by atoms with Crippen LogP contribution in [0.25, 0.3) is 0 Å². The normalized spacial score (nSPS) is 10.7. The molecule has 1 N–H and O–H groups in total. The predicted molar refractivity (Wildman–Crippen MR) is 64.8 cm³/mol. The molecule has 0 spiro atoms. The highest BCUT2D eigenvalue weighted by molar-refractivity contribution is 7.10. The van der Waals surface area contributed by atoms with Gasteiger partial charge in [-0.05, 0) is 38.2 Å². The molecule has 0 fully saturated rings.